The van der Waals surface area contributed by atoms with Gasteiger partial charge < -0.3 is 20.8 Å². The van der Waals surface area contributed by atoms with Gasteiger partial charge in [-0.2, -0.15) is 0 Å². The maximum Gasteiger partial charge on any atom is 0.336 e. The van der Waals surface area contributed by atoms with E-state index in [1.165, 1.54) is 18.2 Å². The van der Waals surface area contributed by atoms with E-state index in [0.29, 0.717) is 38.4 Å². The van der Waals surface area contributed by atoms with Gasteiger partial charge in [-0.3, -0.25) is 9.59 Å². The van der Waals surface area contributed by atoms with Crippen LogP contribution in [0.1, 0.15) is 53.9 Å². The van der Waals surface area contributed by atoms with Crippen molar-refractivity contribution in [3.8, 4) is 22.3 Å². The molecule has 0 aliphatic carbocycles. The Labute approximate surface area is 270 Å². The second-order valence-electron chi connectivity index (χ2n) is 11.2. The maximum absolute atomic E-state index is 13.7. The zero-order valence-electron chi connectivity index (χ0n) is 25.6. The van der Waals surface area contributed by atoms with Crippen molar-refractivity contribution in [1.82, 2.24) is 5.32 Å². The zero-order valence-corrected chi connectivity index (χ0v) is 25.6. The van der Waals surface area contributed by atoms with E-state index in [0.717, 1.165) is 16.7 Å². The Bertz CT molecular complexity index is 2220. The molecule has 232 valence electrons. The summed E-state index contributed by atoms with van der Waals surface area (Å²) in [6.07, 6.45) is 0. The standard InChI is InChI=1S/C39H30N2O6/c1-3-40-37(43)35-33(39(46)47)20-25-7-4-5-9-28(25)34(35)29-10-6-8-26-19-32(38(44)45)31(21-30(26)29)36(42)41-27-17-15-24(16-18-27)23-13-11-22(2)12-14-23/h4-21H,3H2,1-2H3,(H,40,43)(H,41,42)(H,44,45)(H,46,47). The van der Waals surface area contributed by atoms with Gasteiger partial charge in [-0.25, -0.2) is 9.59 Å². The highest BCUT2D eigenvalue weighted by Gasteiger charge is 2.26. The molecule has 0 fully saturated rings. The Morgan fingerprint density at radius 2 is 1.21 bits per heavy atom. The van der Waals surface area contributed by atoms with Crippen LogP contribution < -0.4 is 10.6 Å². The number of rotatable bonds is 8. The molecule has 0 saturated heterocycles. The molecule has 0 spiro atoms. The van der Waals surface area contributed by atoms with Gasteiger partial charge in [0.05, 0.1) is 22.3 Å². The molecule has 0 unspecified atom stereocenters. The zero-order chi connectivity index (χ0) is 33.2. The molecule has 0 atom stereocenters. The fraction of sp³-hybridized carbons (Fsp3) is 0.0769. The Morgan fingerprint density at radius 3 is 1.87 bits per heavy atom. The van der Waals surface area contributed by atoms with Gasteiger partial charge in [0, 0.05) is 17.8 Å². The van der Waals surface area contributed by atoms with Crippen LogP contribution in [-0.4, -0.2) is 40.5 Å². The van der Waals surface area contributed by atoms with Gasteiger partial charge in [-0.05, 0) is 82.4 Å². The van der Waals surface area contributed by atoms with E-state index in [4.69, 9.17) is 0 Å². The highest BCUT2D eigenvalue weighted by molar-refractivity contribution is 6.20. The minimum atomic E-state index is -1.28. The summed E-state index contributed by atoms with van der Waals surface area (Å²) in [6, 6.07) is 32.0. The lowest BCUT2D eigenvalue weighted by Crippen LogP contribution is -2.26. The summed E-state index contributed by atoms with van der Waals surface area (Å²) >= 11 is 0. The number of aryl methyl sites for hydroxylation is 1. The summed E-state index contributed by atoms with van der Waals surface area (Å²) in [4.78, 5) is 52.1. The van der Waals surface area contributed by atoms with Gasteiger partial charge in [-0.1, -0.05) is 84.4 Å². The minimum Gasteiger partial charge on any atom is -0.478 e. The smallest absolute Gasteiger partial charge is 0.336 e. The normalized spacial score (nSPS) is 10.9. The third-order valence-electron chi connectivity index (χ3n) is 8.13. The van der Waals surface area contributed by atoms with Crippen molar-refractivity contribution in [2.24, 2.45) is 0 Å². The number of anilines is 1. The summed E-state index contributed by atoms with van der Waals surface area (Å²) in [5.41, 5.74) is 3.99. The Kier molecular flexibility index (Phi) is 8.25. The molecule has 6 aromatic carbocycles. The van der Waals surface area contributed by atoms with E-state index < -0.39 is 23.8 Å². The third-order valence-corrected chi connectivity index (χ3v) is 8.13. The number of hydrogen-bond donors (Lipinski definition) is 4. The largest absolute Gasteiger partial charge is 0.478 e. The van der Waals surface area contributed by atoms with Crippen LogP contribution in [0, 0.1) is 6.92 Å². The first-order valence-electron chi connectivity index (χ1n) is 15.0. The molecule has 6 rings (SSSR count). The molecule has 8 heteroatoms. The molecule has 0 saturated carbocycles. The minimum absolute atomic E-state index is 0.0208. The second kappa shape index (κ2) is 12.6. The predicted molar refractivity (Wildman–Crippen MR) is 183 cm³/mol. The van der Waals surface area contributed by atoms with Crippen LogP contribution in [0.2, 0.25) is 0 Å². The predicted octanol–water partition coefficient (Wildman–Crippen LogP) is 8.03. The van der Waals surface area contributed by atoms with Crippen LogP contribution in [0.3, 0.4) is 0 Å². The number of carboxylic acids is 2. The van der Waals surface area contributed by atoms with Crippen LogP contribution in [0.5, 0.6) is 0 Å². The van der Waals surface area contributed by atoms with E-state index in [1.54, 1.807) is 61.5 Å². The topological polar surface area (TPSA) is 133 Å². The van der Waals surface area contributed by atoms with Gasteiger partial charge in [0.25, 0.3) is 11.8 Å². The molecule has 2 amide bonds. The van der Waals surface area contributed by atoms with E-state index in [1.807, 2.05) is 43.3 Å². The molecule has 8 nitrogen and oxygen atoms in total. The van der Waals surface area contributed by atoms with Crippen molar-refractivity contribution in [2.45, 2.75) is 13.8 Å². The Hall–Kier alpha value is -6.28. The first-order valence-corrected chi connectivity index (χ1v) is 15.0. The van der Waals surface area contributed by atoms with Crippen LogP contribution in [-0.2, 0) is 0 Å². The maximum atomic E-state index is 13.7. The molecule has 0 aliphatic heterocycles. The van der Waals surface area contributed by atoms with Crippen molar-refractivity contribution < 1.29 is 29.4 Å². The lowest BCUT2D eigenvalue weighted by molar-refractivity contribution is 0.0683. The molecule has 0 aromatic heterocycles. The monoisotopic (exact) mass is 622 g/mol. The quantitative estimate of drug-likeness (QED) is 0.136. The molecule has 0 heterocycles. The molecule has 47 heavy (non-hydrogen) atoms. The van der Waals surface area contributed by atoms with Crippen LogP contribution in [0.25, 0.3) is 43.8 Å². The Morgan fingerprint density at radius 1 is 0.617 bits per heavy atom. The number of carbonyl (C=O) groups is 4. The van der Waals surface area contributed by atoms with Gasteiger partial charge >= 0.3 is 11.9 Å². The summed E-state index contributed by atoms with van der Waals surface area (Å²) in [6.45, 7) is 4.03. The number of hydrogen-bond acceptors (Lipinski definition) is 4. The van der Waals surface area contributed by atoms with Crippen molar-refractivity contribution in [3.63, 3.8) is 0 Å². The lowest BCUT2D eigenvalue weighted by Gasteiger charge is -2.18. The van der Waals surface area contributed by atoms with Gasteiger partial charge in [-0.15, -0.1) is 0 Å². The molecule has 4 N–H and O–H groups in total. The summed E-state index contributed by atoms with van der Waals surface area (Å²) in [5.74, 6) is -3.73. The fourth-order valence-corrected chi connectivity index (χ4v) is 5.88. The first kappa shape index (κ1) is 30.7. The van der Waals surface area contributed by atoms with Gasteiger partial charge in [0.2, 0.25) is 0 Å². The number of amides is 2. The number of carbonyl (C=O) groups excluding carboxylic acids is 2. The van der Waals surface area contributed by atoms with Gasteiger partial charge in [0.15, 0.2) is 0 Å². The van der Waals surface area contributed by atoms with E-state index >= 15 is 0 Å². The highest BCUT2D eigenvalue weighted by atomic mass is 16.4. The summed E-state index contributed by atoms with van der Waals surface area (Å²) < 4.78 is 0. The summed E-state index contributed by atoms with van der Waals surface area (Å²) in [5, 5.41) is 28.1. The molecular formula is C39H30N2O6. The molecule has 0 bridgehead atoms. The van der Waals surface area contributed by atoms with Crippen LogP contribution in [0.15, 0.2) is 109 Å². The third kappa shape index (κ3) is 5.92. The number of carboxylic acid groups (broad SMARTS) is 2. The summed E-state index contributed by atoms with van der Waals surface area (Å²) in [7, 11) is 0. The molecule has 6 aromatic rings. The first-order chi connectivity index (χ1) is 22.7. The van der Waals surface area contributed by atoms with Crippen molar-refractivity contribution in [1.29, 1.82) is 0 Å². The van der Waals surface area contributed by atoms with E-state index in [-0.39, 0.29) is 28.8 Å². The second-order valence-corrected chi connectivity index (χ2v) is 11.2. The number of benzene rings is 6. The van der Waals surface area contributed by atoms with Crippen LogP contribution >= 0.6 is 0 Å². The van der Waals surface area contributed by atoms with Crippen LogP contribution in [0.4, 0.5) is 5.69 Å². The number of aromatic carboxylic acids is 2. The molecule has 0 radical (unpaired) electrons. The number of nitrogens with one attached hydrogen (secondary N) is 2. The SMILES string of the molecule is CCNC(=O)c1c(C(=O)O)cc2ccccc2c1-c1cccc2cc(C(=O)O)c(C(=O)Nc3ccc(-c4ccc(C)cc4)cc3)cc12. The Balaban J connectivity index is 1.51. The molecule has 0 aliphatic rings. The van der Waals surface area contributed by atoms with E-state index in [9.17, 15) is 29.4 Å². The van der Waals surface area contributed by atoms with Crippen molar-refractivity contribution >= 4 is 51.0 Å². The van der Waals surface area contributed by atoms with Gasteiger partial charge in [0.1, 0.15) is 0 Å². The fourth-order valence-electron chi connectivity index (χ4n) is 5.88. The highest BCUT2D eigenvalue weighted by Crippen LogP contribution is 2.39. The lowest BCUT2D eigenvalue weighted by atomic mass is 9.86. The average molecular weight is 623 g/mol. The van der Waals surface area contributed by atoms with Crippen molar-refractivity contribution in [3.05, 3.63) is 137 Å². The van der Waals surface area contributed by atoms with Crippen molar-refractivity contribution in [2.75, 3.05) is 11.9 Å². The average Bonchev–Trinajstić information content (AvgIpc) is 3.07. The molecular weight excluding hydrogens is 592 g/mol. The number of fused-ring (bicyclic) bond motifs is 2. The van der Waals surface area contributed by atoms with E-state index in [2.05, 4.69) is 10.6 Å².